The quantitative estimate of drug-likeness (QED) is 0.605. The second-order valence-electron chi connectivity index (χ2n) is 3.53. The second-order valence-corrected chi connectivity index (χ2v) is 4.55. The molecule has 0 aliphatic rings. The predicted octanol–water partition coefficient (Wildman–Crippen LogP) is 1.98. The molecule has 94 valence electrons. The van der Waals surface area contributed by atoms with Crippen molar-refractivity contribution < 1.29 is 19.7 Å². The summed E-state index contributed by atoms with van der Waals surface area (Å²) in [6, 6.07) is 3.43. The zero-order chi connectivity index (χ0) is 12.8. The summed E-state index contributed by atoms with van der Waals surface area (Å²) < 4.78 is 5.74. The highest BCUT2D eigenvalue weighted by Gasteiger charge is 2.12. The van der Waals surface area contributed by atoms with Gasteiger partial charge in [-0.15, -0.1) is 0 Å². The maximum absolute atomic E-state index is 10.3. The summed E-state index contributed by atoms with van der Waals surface area (Å²) in [5, 5.41) is 18.3. The van der Waals surface area contributed by atoms with E-state index in [-0.39, 0.29) is 6.42 Å². The average molecular weight is 351 g/mol. The number of carbonyl (C=O) groups is 1. The first-order valence-corrected chi connectivity index (χ1v) is 6.22. The fourth-order valence-corrected chi connectivity index (χ4v) is 2.05. The number of pyridine rings is 1. The van der Waals surface area contributed by atoms with Gasteiger partial charge in [0.25, 0.3) is 0 Å². The summed E-state index contributed by atoms with van der Waals surface area (Å²) in [5.41, 5.74) is 0.542. The van der Waals surface area contributed by atoms with E-state index in [1.807, 2.05) is 22.6 Å². The Morgan fingerprint density at radius 2 is 2.29 bits per heavy atom. The lowest BCUT2D eigenvalue weighted by molar-refractivity contribution is -0.137. The number of methoxy groups -OCH3 is 1. The number of aliphatic hydroxyl groups excluding tert-OH is 1. The van der Waals surface area contributed by atoms with Crippen molar-refractivity contribution in [2.24, 2.45) is 0 Å². The summed E-state index contributed by atoms with van der Waals surface area (Å²) in [7, 11) is 1.56. The number of ether oxygens (including phenoxy) is 1. The van der Waals surface area contributed by atoms with Gasteiger partial charge in [0.05, 0.1) is 18.9 Å². The maximum Gasteiger partial charge on any atom is 0.303 e. The summed E-state index contributed by atoms with van der Waals surface area (Å²) in [4.78, 5) is 14.5. The van der Waals surface area contributed by atoms with Gasteiger partial charge in [0.1, 0.15) is 3.70 Å². The van der Waals surface area contributed by atoms with Gasteiger partial charge in [-0.2, -0.15) is 0 Å². The first kappa shape index (κ1) is 14.2. The Bertz CT molecular complexity index is 397. The topological polar surface area (TPSA) is 79.7 Å². The molecule has 0 saturated heterocycles. The van der Waals surface area contributed by atoms with Crippen molar-refractivity contribution >= 4 is 28.6 Å². The molecule has 0 aliphatic carbocycles. The van der Waals surface area contributed by atoms with Crippen LogP contribution in [0.25, 0.3) is 0 Å². The summed E-state index contributed by atoms with van der Waals surface area (Å²) in [6.45, 7) is 0. The van der Waals surface area contributed by atoms with Crippen LogP contribution in [-0.2, 0) is 4.79 Å². The average Bonchev–Trinajstić information content (AvgIpc) is 2.28. The number of rotatable bonds is 6. The molecule has 0 spiro atoms. The molecule has 5 nitrogen and oxygen atoms in total. The molecule has 0 aromatic carbocycles. The highest BCUT2D eigenvalue weighted by Crippen LogP contribution is 2.23. The zero-order valence-corrected chi connectivity index (χ0v) is 11.5. The third kappa shape index (κ3) is 4.47. The molecule has 1 rings (SSSR count). The third-order valence-corrected chi connectivity index (χ3v) is 3.04. The molecule has 17 heavy (non-hydrogen) atoms. The summed E-state index contributed by atoms with van der Waals surface area (Å²) in [5.74, 6) is -0.193. The monoisotopic (exact) mass is 351 g/mol. The minimum Gasteiger partial charge on any atom is -0.494 e. The van der Waals surface area contributed by atoms with E-state index in [9.17, 15) is 9.90 Å². The second kappa shape index (κ2) is 6.75. The van der Waals surface area contributed by atoms with Gasteiger partial charge in [-0.3, -0.25) is 4.79 Å². The number of aliphatic carboxylic acids is 1. The van der Waals surface area contributed by atoms with Crippen LogP contribution in [0.4, 0.5) is 0 Å². The van der Waals surface area contributed by atoms with E-state index >= 15 is 0 Å². The minimum absolute atomic E-state index is 0.0598. The lowest BCUT2D eigenvalue weighted by atomic mass is 10.1. The Labute approximate surface area is 113 Å². The SMILES string of the molecule is COc1ccc(C(O)CCCC(=O)O)nc1I. The first-order chi connectivity index (χ1) is 8.04. The van der Waals surface area contributed by atoms with Crippen molar-refractivity contribution in [3.05, 3.63) is 21.5 Å². The maximum atomic E-state index is 10.3. The van der Waals surface area contributed by atoms with Gasteiger partial charge in [-0.1, -0.05) is 0 Å². The molecule has 1 aromatic rings. The van der Waals surface area contributed by atoms with Crippen LogP contribution in [-0.4, -0.2) is 28.3 Å². The third-order valence-electron chi connectivity index (χ3n) is 2.27. The highest BCUT2D eigenvalue weighted by atomic mass is 127. The van der Waals surface area contributed by atoms with E-state index in [0.717, 1.165) is 0 Å². The van der Waals surface area contributed by atoms with Crippen LogP contribution in [0, 0.1) is 3.70 Å². The van der Waals surface area contributed by atoms with Crippen LogP contribution in [0.2, 0.25) is 0 Å². The molecular formula is C11H14INO4. The Balaban J connectivity index is 2.59. The largest absolute Gasteiger partial charge is 0.494 e. The first-order valence-electron chi connectivity index (χ1n) is 5.15. The molecule has 0 fully saturated rings. The Morgan fingerprint density at radius 1 is 1.59 bits per heavy atom. The molecule has 0 amide bonds. The number of hydrogen-bond donors (Lipinski definition) is 2. The highest BCUT2D eigenvalue weighted by molar-refractivity contribution is 14.1. The van der Waals surface area contributed by atoms with Crippen LogP contribution in [0.5, 0.6) is 5.75 Å². The van der Waals surface area contributed by atoms with Crippen molar-refractivity contribution in [3.8, 4) is 5.75 Å². The smallest absolute Gasteiger partial charge is 0.303 e. The molecule has 0 radical (unpaired) electrons. The van der Waals surface area contributed by atoms with Crippen LogP contribution in [0.3, 0.4) is 0 Å². The van der Waals surface area contributed by atoms with Gasteiger partial charge >= 0.3 is 5.97 Å². The molecule has 2 N–H and O–H groups in total. The molecule has 0 bridgehead atoms. The van der Waals surface area contributed by atoms with Gasteiger partial charge in [0, 0.05) is 6.42 Å². The zero-order valence-electron chi connectivity index (χ0n) is 9.39. The van der Waals surface area contributed by atoms with Gasteiger partial charge < -0.3 is 14.9 Å². The van der Waals surface area contributed by atoms with Gasteiger partial charge in [-0.05, 0) is 47.6 Å². The Kier molecular flexibility index (Phi) is 5.63. The van der Waals surface area contributed by atoms with Crippen molar-refractivity contribution in [1.29, 1.82) is 0 Å². The van der Waals surface area contributed by atoms with Crippen LogP contribution < -0.4 is 4.74 Å². The minimum atomic E-state index is -0.852. The fourth-order valence-electron chi connectivity index (χ4n) is 1.37. The lowest BCUT2D eigenvalue weighted by Gasteiger charge is -2.11. The van der Waals surface area contributed by atoms with Crippen molar-refractivity contribution in [3.63, 3.8) is 0 Å². The van der Waals surface area contributed by atoms with E-state index in [0.29, 0.717) is 28.0 Å². The number of nitrogens with zero attached hydrogens (tertiary/aromatic N) is 1. The van der Waals surface area contributed by atoms with Crippen LogP contribution in [0.15, 0.2) is 12.1 Å². The van der Waals surface area contributed by atoms with Gasteiger partial charge in [0.2, 0.25) is 0 Å². The fraction of sp³-hybridized carbons (Fsp3) is 0.455. The lowest BCUT2D eigenvalue weighted by Crippen LogP contribution is -2.04. The van der Waals surface area contributed by atoms with Gasteiger partial charge in [-0.25, -0.2) is 4.98 Å². The number of aliphatic hydroxyl groups is 1. The Hall–Kier alpha value is -0.890. The number of carboxylic acid groups (broad SMARTS) is 1. The normalized spacial score (nSPS) is 12.2. The molecule has 1 atom stereocenters. The van der Waals surface area contributed by atoms with E-state index in [1.165, 1.54) is 0 Å². The van der Waals surface area contributed by atoms with E-state index in [1.54, 1.807) is 19.2 Å². The van der Waals surface area contributed by atoms with Gasteiger partial charge in [0.15, 0.2) is 5.75 Å². The molecule has 1 aromatic heterocycles. The summed E-state index contributed by atoms with van der Waals surface area (Å²) >= 11 is 2.03. The molecule has 0 saturated carbocycles. The molecule has 0 aliphatic heterocycles. The van der Waals surface area contributed by atoms with Crippen molar-refractivity contribution in [1.82, 2.24) is 4.98 Å². The molecule has 6 heteroatoms. The van der Waals surface area contributed by atoms with Crippen molar-refractivity contribution in [2.75, 3.05) is 7.11 Å². The standard InChI is InChI=1S/C11H14INO4/c1-17-9-6-5-7(13-11(9)12)8(14)3-2-4-10(15)16/h5-6,8,14H,2-4H2,1H3,(H,15,16). The van der Waals surface area contributed by atoms with Crippen LogP contribution >= 0.6 is 22.6 Å². The van der Waals surface area contributed by atoms with Crippen LogP contribution in [0.1, 0.15) is 31.1 Å². The molecular weight excluding hydrogens is 337 g/mol. The number of carboxylic acids is 1. The van der Waals surface area contributed by atoms with Crippen molar-refractivity contribution in [2.45, 2.75) is 25.4 Å². The van der Waals surface area contributed by atoms with E-state index in [2.05, 4.69) is 4.98 Å². The number of aromatic nitrogens is 1. The molecule has 1 unspecified atom stereocenters. The number of hydrogen-bond acceptors (Lipinski definition) is 4. The predicted molar refractivity (Wildman–Crippen MR) is 70.0 cm³/mol. The Morgan fingerprint density at radius 3 is 2.82 bits per heavy atom. The molecule has 1 heterocycles. The van der Waals surface area contributed by atoms with E-state index in [4.69, 9.17) is 9.84 Å². The van der Waals surface area contributed by atoms with E-state index < -0.39 is 12.1 Å². The summed E-state index contributed by atoms with van der Waals surface area (Å²) in [6.07, 6.45) is 0.154. The number of halogens is 1.